The third-order valence-electron chi connectivity index (χ3n) is 5.65. The molecule has 0 saturated carbocycles. The number of nitrogens with zero attached hydrogens (tertiary/aromatic N) is 2. The summed E-state index contributed by atoms with van der Waals surface area (Å²) in [6.07, 6.45) is 2.46. The number of rotatable bonds is 3. The number of aryl methyl sites for hydroxylation is 1. The Labute approximate surface area is 180 Å². The molecule has 152 valence electrons. The van der Waals surface area contributed by atoms with E-state index in [4.69, 9.17) is 11.6 Å². The molecule has 0 aromatic heterocycles. The summed E-state index contributed by atoms with van der Waals surface area (Å²) >= 11 is 7.70. The first-order valence-electron chi connectivity index (χ1n) is 9.88. The highest BCUT2D eigenvalue weighted by Crippen LogP contribution is 2.46. The van der Waals surface area contributed by atoms with Crippen LogP contribution in [0.1, 0.15) is 25.3 Å². The maximum Gasteiger partial charge on any atom is 0.321 e. The predicted octanol–water partition coefficient (Wildman–Crippen LogP) is 5.01. The van der Waals surface area contributed by atoms with Crippen LogP contribution in [0.3, 0.4) is 0 Å². The number of carbonyl (C=O) groups excluding carboxylic acids is 2. The first-order valence-corrected chi connectivity index (χ1v) is 11.2. The molecule has 2 heterocycles. The normalized spacial score (nSPS) is 18.3. The van der Waals surface area contributed by atoms with Gasteiger partial charge in [-0.05, 0) is 61.2 Å². The van der Waals surface area contributed by atoms with Crippen molar-refractivity contribution in [2.24, 2.45) is 0 Å². The first-order chi connectivity index (χ1) is 14.0. The predicted molar refractivity (Wildman–Crippen MR) is 120 cm³/mol. The molecule has 0 unspecified atom stereocenters. The number of hydrogen-bond donors (Lipinski definition) is 1. The number of carbonyl (C=O) groups is 2. The van der Waals surface area contributed by atoms with Crippen LogP contribution in [0.15, 0.2) is 48.5 Å². The van der Waals surface area contributed by atoms with Crippen LogP contribution in [0.25, 0.3) is 0 Å². The third kappa shape index (κ3) is 4.09. The van der Waals surface area contributed by atoms with Gasteiger partial charge < -0.3 is 10.2 Å². The second-order valence-corrected chi connectivity index (χ2v) is 9.18. The van der Waals surface area contributed by atoms with Crippen molar-refractivity contribution in [2.45, 2.75) is 31.1 Å². The van der Waals surface area contributed by atoms with E-state index < -0.39 is 0 Å². The smallest absolute Gasteiger partial charge is 0.321 e. The van der Waals surface area contributed by atoms with E-state index in [1.165, 1.54) is 5.56 Å². The zero-order valence-corrected chi connectivity index (χ0v) is 17.9. The lowest BCUT2D eigenvalue weighted by Gasteiger charge is -2.43. The molecular weight excluding hydrogens is 406 g/mol. The molecule has 7 heteroatoms. The first kappa shape index (κ1) is 20.1. The number of anilines is 2. The van der Waals surface area contributed by atoms with Crippen molar-refractivity contribution in [3.05, 3.63) is 59.1 Å². The minimum atomic E-state index is -0.287. The fraction of sp³-hybridized carbons (Fsp3) is 0.364. The van der Waals surface area contributed by atoms with Crippen molar-refractivity contribution in [1.82, 2.24) is 4.90 Å². The van der Waals surface area contributed by atoms with Crippen molar-refractivity contribution in [1.29, 1.82) is 0 Å². The Morgan fingerprint density at radius 3 is 2.38 bits per heavy atom. The van der Waals surface area contributed by atoms with E-state index in [0.29, 0.717) is 23.9 Å². The third-order valence-corrected chi connectivity index (χ3v) is 7.42. The van der Waals surface area contributed by atoms with E-state index in [-0.39, 0.29) is 16.8 Å². The highest BCUT2D eigenvalue weighted by atomic mass is 35.5. The van der Waals surface area contributed by atoms with Gasteiger partial charge >= 0.3 is 6.03 Å². The van der Waals surface area contributed by atoms with E-state index in [1.807, 2.05) is 58.3 Å². The molecule has 2 aliphatic rings. The largest absolute Gasteiger partial charge is 0.324 e. The molecule has 2 fully saturated rings. The fourth-order valence-corrected chi connectivity index (χ4v) is 5.43. The van der Waals surface area contributed by atoms with Crippen LogP contribution in [0.4, 0.5) is 16.2 Å². The zero-order valence-electron chi connectivity index (χ0n) is 16.4. The number of amides is 3. The van der Waals surface area contributed by atoms with Crippen LogP contribution in [0, 0.1) is 0 Å². The van der Waals surface area contributed by atoms with Crippen LogP contribution < -0.4 is 10.2 Å². The van der Waals surface area contributed by atoms with Crippen molar-refractivity contribution >= 4 is 46.7 Å². The number of thioether (sulfide) groups is 1. The summed E-state index contributed by atoms with van der Waals surface area (Å²) in [6.45, 7) is 3.34. The SMILES string of the molecule is CCc1ccc(NC(=O)N2CCC3(CC2)SCC(=O)N3c2ccc(Cl)cc2)cc1. The average molecular weight is 430 g/mol. The lowest BCUT2D eigenvalue weighted by molar-refractivity contribution is -0.116. The van der Waals surface area contributed by atoms with Crippen LogP contribution in [-0.4, -0.2) is 40.6 Å². The van der Waals surface area contributed by atoms with E-state index in [2.05, 4.69) is 12.2 Å². The van der Waals surface area contributed by atoms with Gasteiger partial charge in [-0.3, -0.25) is 9.69 Å². The molecule has 0 aliphatic carbocycles. The van der Waals surface area contributed by atoms with E-state index in [0.717, 1.165) is 30.6 Å². The minimum Gasteiger partial charge on any atom is -0.324 e. The number of likely N-dealkylation sites (tertiary alicyclic amines) is 1. The second kappa shape index (κ2) is 8.28. The zero-order chi connectivity index (χ0) is 20.4. The molecule has 2 aromatic rings. The molecule has 2 aliphatic heterocycles. The number of piperidine rings is 1. The maximum atomic E-state index is 12.7. The number of hydrogen-bond acceptors (Lipinski definition) is 3. The van der Waals surface area contributed by atoms with E-state index >= 15 is 0 Å². The monoisotopic (exact) mass is 429 g/mol. The summed E-state index contributed by atoms with van der Waals surface area (Å²) < 4.78 is 0. The maximum absolute atomic E-state index is 12.7. The molecule has 2 saturated heterocycles. The molecule has 1 N–H and O–H groups in total. The van der Waals surface area contributed by atoms with Crippen LogP contribution in [0.5, 0.6) is 0 Å². The Hall–Kier alpha value is -2.18. The molecule has 0 bridgehead atoms. The van der Waals surface area contributed by atoms with Crippen LogP contribution in [-0.2, 0) is 11.2 Å². The van der Waals surface area contributed by atoms with E-state index in [1.54, 1.807) is 11.8 Å². The second-order valence-electron chi connectivity index (χ2n) is 7.41. The highest BCUT2D eigenvalue weighted by molar-refractivity contribution is 8.02. The van der Waals surface area contributed by atoms with Crippen molar-refractivity contribution in [2.75, 3.05) is 29.1 Å². The number of benzene rings is 2. The Bertz CT molecular complexity index is 893. The van der Waals surface area contributed by atoms with Gasteiger partial charge in [-0.15, -0.1) is 11.8 Å². The Kier molecular flexibility index (Phi) is 5.74. The van der Waals surface area contributed by atoms with E-state index in [9.17, 15) is 9.59 Å². The van der Waals surface area contributed by atoms with Gasteiger partial charge in [0.25, 0.3) is 0 Å². The fourth-order valence-electron chi connectivity index (χ4n) is 3.98. The quantitative estimate of drug-likeness (QED) is 0.746. The lowest BCUT2D eigenvalue weighted by atomic mass is 10.0. The molecule has 0 atom stereocenters. The Balaban J connectivity index is 1.42. The number of urea groups is 1. The summed E-state index contributed by atoms with van der Waals surface area (Å²) in [5, 5.41) is 3.64. The number of halogens is 1. The average Bonchev–Trinajstić information content (AvgIpc) is 3.05. The summed E-state index contributed by atoms with van der Waals surface area (Å²) in [6, 6.07) is 15.3. The van der Waals surface area contributed by atoms with Gasteiger partial charge in [0.05, 0.1) is 10.6 Å². The van der Waals surface area contributed by atoms with Gasteiger partial charge in [-0.2, -0.15) is 0 Å². The van der Waals surface area contributed by atoms with Crippen LogP contribution in [0.2, 0.25) is 5.02 Å². The molecule has 0 radical (unpaired) electrons. The molecule has 4 rings (SSSR count). The van der Waals surface area contributed by atoms with Crippen LogP contribution >= 0.6 is 23.4 Å². The van der Waals surface area contributed by atoms with Crippen molar-refractivity contribution in [3.63, 3.8) is 0 Å². The van der Waals surface area contributed by atoms with Crippen molar-refractivity contribution in [3.8, 4) is 0 Å². The molecule has 5 nitrogen and oxygen atoms in total. The topological polar surface area (TPSA) is 52.7 Å². The summed E-state index contributed by atoms with van der Waals surface area (Å²) in [4.78, 5) is 28.8. The summed E-state index contributed by atoms with van der Waals surface area (Å²) in [5.41, 5.74) is 2.92. The van der Waals surface area contributed by atoms with Gasteiger partial charge in [0.15, 0.2) is 0 Å². The molecule has 2 aromatic carbocycles. The standard InChI is InChI=1S/C22H24ClN3O2S/c1-2-16-3-7-18(8-4-16)24-21(28)25-13-11-22(12-14-25)26(20(27)15-29-22)19-9-5-17(23)6-10-19/h3-10H,2,11-15H2,1H3,(H,24,28). The molecule has 3 amide bonds. The van der Waals surface area contributed by atoms with Gasteiger partial charge in [-0.1, -0.05) is 30.7 Å². The molecule has 29 heavy (non-hydrogen) atoms. The Morgan fingerprint density at radius 2 is 1.76 bits per heavy atom. The highest BCUT2D eigenvalue weighted by Gasteiger charge is 2.49. The number of nitrogens with one attached hydrogen (secondary N) is 1. The van der Waals surface area contributed by atoms with Gasteiger partial charge in [0.2, 0.25) is 5.91 Å². The molecule has 1 spiro atoms. The summed E-state index contributed by atoms with van der Waals surface area (Å²) in [7, 11) is 0. The van der Waals surface area contributed by atoms with Crippen molar-refractivity contribution < 1.29 is 9.59 Å². The molecular formula is C22H24ClN3O2S. The minimum absolute atomic E-state index is 0.0866. The van der Waals surface area contributed by atoms with Gasteiger partial charge in [-0.25, -0.2) is 4.79 Å². The summed E-state index contributed by atoms with van der Waals surface area (Å²) in [5.74, 6) is 0.588. The lowest BCUT2D eigenvalue weighted by Crippen LogP contribution is -2.53. The Morgan fingerprint density at radius 1 is 1.10 bits per heavy atom. The van der Waals surface area contributed by atoms with Gasteiger partial charge in [0.1, 0.15) is 0 Å². The van der Waals surface area contributed by atoms with Gasteiger partial charge in [0, 0.05) is 29.5 Å².